The summed E-state index contributed by atoms with van der Waals surface area (Å²) in [6.45, 7) is 11.7. The molecular formula is C30H37F3N4O4. The van der Waals surface area contributed by atoms with E-state index in [0.717, 1.165) is 17.0 Å². The number of hydrogen-bond acceptors (Lipinski definition) is 5. The second kappa shape index (κ2) is 13.6. The number of halogens is 3. The van der Waals surface area contributed by atoms with Crippen LogP contribution in [0.25, 0.3) is 5.57 Å². The number of urea groups is 1. The molecule has 0 radical (unpaired) electrons. The highest BCUT2D eigenvalue weighted by Crippen LogP contribution is 2.28. The van der Waals surface area contributed by atoms with E-state index in [2.05, 4.69) is 16.6 Å². The van der Waals surface area contributed by atoms with E-state index in [4.69, 9.17) is 4.74 Å². The zero-order valence-electron chi connectivity index (χ0n) is 23.9. The first kappa shape index (κ1) is 31.5. The molecule has 1 heterocycles. The summed E-state index contributed by atoms with van der Waals surface area (Å²) < 4.78 is 47.3. The van der Waals surface area contributed by atoms with E-state index >= 15 is 0 Å². The predicted molar refractivity (Wildman–Crippen MR) is 151 cm³/mol. The van der Waals surface area contributed by atoms with Crippen molar-refractivity contribution in [1.29, 1.82) is 0 Å². The monoisotopic (exact) mass is 574 g/mol. The summed E-state index contributed by atoms with van der Waals surface area (Å²) >= 11 is 0. The van der Waals surface area contributed by atoms with E-state index in [1.807, 2.05) is 37.3 Å². The molecule has 0 spiro atoms. The minimum atomic E-state index is -4.79. The Hall–Kier alpha value is -4.02. The molecule has 1 atom stereocenters. The number of benzene rings is 2. The Balaban J connectivity index is 1.86. The van der Waals surface area contributed by atoms with Gasteiger partial charge < -0.3 is 19.3 Å². The highest BCUT2D eigenvalue weighted by atomic mass is 19.4. The number of nitrogens with zero attached hydrogens (tertiary/aromatic N) is 4. The molecule has 8 nitrogen and oxygen atoms in total. The van der Waals surface area contributed by atoms with Crippen LogP contribution >= 0.6 is 0 Å². The van der Waals surface area contributed by atoms with Crippen molar-refractivity contribution in [2.45, 2.75) is 65.0 Å². The molecule has 1 aliphatic rings. The van der Waals surface area contributed by atoms with Crippen molar-refractivity contribution >= 4 is 24.4 Å². The summed E-state index contributed by atoms with van der Waals surface area (Å²) in [6, 6.07) is 14.3. The highest BCUT2D eigenvalue weighted by Gasteiger charge is 2.36. The zero-order chi connectivity index (χ0) is 30.2. The molecule has 0 saturated carbocycles. The van der Waals surface area contributed by atoms with E-state index in [9.17, 15) is 22.8 Å². The van der Waals surface area contributed by atoms with Gasteiger partial charge in [-0.3, -0.25) is 0 Å². The minimum absolute atomic E-state index is 0.252. The Morgan fingerprint density at radius 2 is 1.73 bits per heavy atom. The van der Waals surface area contributed by atoms with Gasteiger partial charge in [-0.1, -0.05) is 55.8 Å². The summed E-state index contributed by atoms with van der Waals surface area (Å²) in [6.07, 6.45) is -1.91. The highest BCUT2D eigenvalue weighted by molar-refractivity contribution is 5.79. The summed E-state index contributed by atoms with van der Waals surface area (Å²) in [4.78, 5) is 29.9. The van der Waals surface area contributed by atoms with E-state index in [0.29, 0.717) is 24.0 Å². The molecule has 41 heavy (non-hydrogen) atoms. The average molecular weight is 575 g/mol. The van der Waals surface area contributed by atoms with Crippen LogP contribution in [0.3, 0.4) is 0 Å². The van der Waals surface area contributed by atoms with Crippen molar-refractivity contribution in [3.05, 3.63) is 71.9 Å². The number of allylic oxidation sites excluding steroid dienone is 1. The maximum atomic E-state index is 13.8. The van der Waals surface area contributed by atoms with Gasteiger partial charge >= 0.3 is 18.5 Å². The van der Waals surface area contributed by atoms with Crippen LogP contribution in [-0.4, -0.2) is 71.3 Å². The first-order chi connectivity index (χ1) is 19.3. The molecule has 2 aromatic rings. The van der Waals surface area contributed by atoms with Crippen molar-refractivity contribution in [3.8, 4) is 5.75 Å². The molecule has 1 unspecified atom stereocenters. The lowest BCUT2D eigenvalue weighted by Gasteiger charge is -2.42. The third kappa shape index (κ3) is 9.54. The normalized spacial score (nSPS) is 16.3. The molecule has 0 bridgehead atoms. The first-order valence-corrected chi connectivity index (χ1v) is 13.4. The van der Waals surface area contributed by atoms with Crippen molar-refractivity contribution in [3.63, 3.8) is 0 Å². The second-order valence-corrected chi connectivity index (χ2v) is 10.7. The third-order valence-corrected chi connectivity index (χ3v) is 6.30. The molecule has 1 fully saturated rings. The van der Waals surface area contributed by atoms with E-state index < -0.39 is 24.1 Å². The topological polar surface area (TPSA) is 74.7 Å². The van der Waals surface area contributed by atoms with Crippen LogP contribution in [0.4, 0.5) is 22.8 Å². The molecule has 0 aliphatic carbocycles. The fraction of sp³-hybridized carbons (Fsp3) is 0.433. The lowest BCUT2D eigenvalue weighted by molar-refractivity contribution is -0.274. The van der Waals surface area contributed by atoms with Crippen LogP contribution < -0.4 is 4.74 Å². The summed E-state index contributed by atoms with van der Waals surface area (Å²) in [5.74, 6) is -0.335. The van der Waals surface area contributed by atoms with Gasteiger partial charge in [0, 0.05) is 32.6 Å². The molecule has 3 rings (SSSR count). The minimum Gasteiger partial charge on any atom is -0.444 e. The maximum absolute atomic E-state index is 13.8. The van der Waals surface area contributed by atoms with Gasteiger partial charge in [0.1, 0.15) is 11.4 Å². The van der Waals surface area contributed by atoms with Gasteiger partial charge in [0.15, 0.2) is 0 Å². The Morgan fingerprint density at radius 1 is 1.07 bits per heavy atom. The number of piperazine rings is 1. The number of hydrazone groups is 1. The molecule has 1 saturated heterocycles. The number of alkyl halides is 3. The van der Waals surface area contributed by atoms with Crippen LogP contribution in [0.2, 0.25) is 0 Å². The predicted octanol–water partition coefficient (Wildman–Crippen LogP) is 6.93. The van der Waals surface area contributed by atoms with Crippen molar-refractivity contribution in [1.82, 2.24) is 14.8 Å². The van der Waals surface area contributed by atoms with Crippen LogP contribution in [0.5, 0.6) is 5.75 Å². The molecule has 0 aromatic heterocycles. The molecule has 222 valence electrons. The van der Waals surface area contributed by atoms with Gasteiger partial charge in [0.2, 0.25) is 0 Å². The van der Waals surface area contributed by atoms with E-state index in [-0.39, 0.29) is 31.4 Å². The smallest absolute Gasteiger partial charge is 0.444 e. The van der Waals surface area contributed by atoms with Crippen molar-refractivity contribution in [2.75, 3.05) is 19.6 Å². The second-order valence-electron chi connectivity index (χ2n) is 10.7. The quantitative estimate of drug-likeness (QED) is 0.253. The van der Waals surface area contributed by atoms with Gasteiger partial charge in [-0.15, -0.1) is 13.2 Å². The average Bonchev–Trinajstić information content (AvgIpc) is 2.90. The molecular weight excluding hydrogens is 537 g/mol. The molecule has 2 aromatic carbocycles. The lowest BCUT2D eigenvalue weighted by atomic mass is 10.0. The Morgan fingerprint density at radius 3 is 2.29 bits per heavy atom. The molecule has 11 heteroatoms. The van der Waals surface area contributed by atoms with Crippen molar-refractivity contribution < 1.29 is 32.2 Å². The number of carbonyl (C=O) groups is 2. The Labute approximate surface area is 239 Å². The maximum Gasteiger partial charge on any atom is 0.573 e. The van der Waals surface area contributed by atoms with Gasteiger partial charge in [-0.25, -0.2) is 9.59 Å². The van der Waals surface area contributed by atoms with Crippen LogP contribution in [0.15, 0.2) is 65.9 Å². The SMILES string of the molecule is C=NN(/C=C(\CCC)c1ccc(OC(F)(F)F)cc1)C(=O)N1CCN(C(=O)OC(C)(C)C)CC1Cc1ccccc1. The van der Waals surface area contributed by atoms with Gasteiger partial charge in [-0.05, 0) is 62.4 Å². The number of carbonyl (C=O) groups excluding carboxylic acids is 2. The summed E-state index contributed by atoms with van der Waals surface area (Å²) in [5, 5.41) is 5.10. The number of rotatable bonds is 8. The van der Waals surface area contributed by atoms with Crippen LogP contribution in [-0.2, 0) is 11.2 Å². The summed E-state index contributed by atoms with van der Waals surface area (Å²) in [5.41, 5.74) is 1.67. The van der Waals surface area contributed by atoms with Crippen LogP contribution in [0, 0.1) is 0 Å². The Kier molecular flexibility index (Phi) is 10.4. The number of hydrogen-bond donors (Lipinski definition) is 0. The lowest BCUT2D eigenvalue weighted by Crippen LogP contribution is -2.59. The number of amides is 3. The fourth-order valence-electron chi connectivity index (χ4n) is 4.52. The number of ether oxygens (including phenoxy) is 2. The molecule has 0 N–H and O–H groups in total. The van der Waals surface area contributed by atoms with Gasteiger partial charge in [-0.2, -0.15) is 10.1 Å². The standard InChI is InChI=1S/C30H37F3N4O4/c1-6-10-24(23-13-15-26(16-14-23)40-30(31,32)33)20-37(34-5)27(38)36-18-17-35(28(39)41-29(2,3)4)21-25(36)19-22-11-8-7-9-12-22/h7-9,11-16,20,25H,5-6,10,17-19,21H2,1-4H3/b24-20+. The third-order valence-electron chi connectivity index (χ3n) is 6.30. The van der Waals surface area contributed by atoms with E-state index in [1.165, 1.54) is 24.3 Å². The largest absolute Gasteiger partial charge is 0.573 e. The van der Waals surface area contributed by atoms with Crippen molar-refractivity contribution in [2.24, 2.45) is 5.10 Å². The molecule has 1 aliphatic heterocycles. The first-order valence-electron chi connectivity index (χ1n) is 13.4. The fourth-order valence-corrected chi connectivity index (χ4v) is 4.52. The summed E-state index contributed by atoms with van der Waals surface area (Å²) in [7, 11) is 0. The van der Waals surface area contributed by atoms with Gasteiger partial charge in [0.25, 0.3) is 0 Å². The van der Waals surface area contributed by atoms with E-state index in [1.54, 1.807) is 36.8 Å². The van der Waals surface area contributed by atoms with Crippen LogP contribution in [0.1, 0.15) is 51.7 Å². The molecule has 3 amide bonds. The van der Waals surface area contributed by atoms with Gasteiger partial charge in [0.05, 0.1) is 6.04 Å². The zero-order valence-corrected chi connectivity index (χ0v) is 23.9. The Bertz CT molecular complexity index is 1210.